The molecule has 5 nitrogen and oxygen atoms in total. The highest BCUT2D eigenvalue weighted by atomic mass is 35.5. The van der Waals surface area contributed by atoms with Crippen molar-refractivity contribution < 1.29 is 15.3 Å². The second-order valence-electron chi connectivity index (χ2n) is 5.30. The molecule has 3 atom stereocenters. The highest BCUT2D eigenvalue weighted by molar-refractivity contribution is 5.89. The van der Waals surface area contributed by atoms with Gasteiger partial charge in [-0.3, -0.25) is 0 Å². The second kappa shape index (κ2) is 10.1. The highest BCUT2D eigenvalue weighted by Crippen LogP contribution is 2.29. The van der Waals surface area contributed by atoms with Gasteiger partial charge in [-0.15, -0.1) is 24.8 Å². The summed E-state index contributed by atoms with van der Waals surface area (Å²) in [6.45, 7) is -0.396. The van der Waals surface area contributed by atoms with E-state index in [9.17, 15) is 5.11 Å². The first-order valence-corrected chi connectivity index (χ1v) is 7.00. The van der Waals surface area contributed by atoms with E-state index in [4.69, 9.17) is 21.7 Å². The molecule has 7 heteroatoms. The lowest BCUT2D eigenvalue weighted by molar-refractivity contribution is 0.110. The first-order valence-electron chi connectivity index (χ1n) is 7.00. The number of benzene rings is 2. The lowest BCUT2D eigenvalue weighted by atomic mass is 9.91. The Bertz CT molecular complexity index is 608. The van der Waals surface area contributed by atoms with Crippen LogP contribution in [0.4, 0.5) is 0 Å². The Morgan fingerprint density at radius 2 is 1.52 bits per heavy atom. The Morgan fingerprint density at radius 1 is 0.913 bits per heavy atom. The van der Waals surface area contributed by atoms with Gasteiger partial charge in [0.1, 0.15) is 0 Å². The van der Waals surface area contributed by atoms with E-state index in [0.717, 1.165) is 16.3 Å². The predicted octanol–water partition coefficient (Wildman–Crippen LogP) is 0.899. The average molecular weight is 363 g/mol. The molecule has 0 heterocycles. The number of aliphatic hydroxyl groups is 3. The van der Waals surface area contributed by atoms with Crippen LogP contribution in [0.15, 0.2) is 36.4 Å². The summed E-state index contributed by atoms with van der Waals surface area (Å²) in [6, 6.07) is 10.3. The van der Waals surface area contributed by atoms with Gasteiger partial charge in [0.05, 0.1) is 25.4 Å². The smallest absolute Gasteiger partial charge is 0.0969 e. The SMILES string of the molecule is Cl.Cl.NC(CO)Cc1cccc2cccc(C(O)C(N)CO)c12. The predicted molar refractivity (Wildman–Crippen MR) is 97.2 cm³/mol. The van der Waals surface area contributed by atoms with Crippen LogP contribution in [0.2, 0.25) is 0 Å². The van der Waals surface area contributed by atoms with Crippen molar-refractivity contribution in [2.75, 3.05) is 13.2 Å². The molecule has 0 saturated carbocycles. The van der Waals surface area contributed by atoms with E-state index in [1.165, 1.54) is 0 Å². The summed E-state index contributed by atoms with van der Waals surface area (Å²) in [5, 5.41) is 30.5. The van der Waals surface area contributed by atoms with Crippen molar-refractivity contribution in [3.63, 3.8) is 0 Å². The molecule has 0 bridgehead atoms. The fourth-order valence-corrected chi connectivity index (χ4v) is 2.54. The molecular weight excluding hydrogens is 339 g/mol. The Hall–Kier alpha value is -0.920. The first kappa shape index (κ1) is 22.1. The van der Waals surface area contributed by atoms with E-state index in [0.29, 0.717) is 12.0 Å². The van der Waals surface area contributed by atoms with Gasteiger partial charge in [0, 0.05) is 6.04 Å². The van der Waals surface area contributed by atoms with Gasteiger partial charge in [-0.1, -0.05) is 36.4 Å². The van der Waals surface area contributed by atoms with Crippen LogP contribution in [0.3, 0.4) is 0 Å². The molecule has 130 valence electrons. The van der Waals surface area contributed by atoms with Gasteiger partial charge in [-0.2, -0.15) is 0 Å². The molecule has 0 amide bonds. The zero-order chi connectivity index (χ0) is 15.4. The molecule has 2 aromatic rings. The molecule has 3 unspecified atom stereocenters. The maximum Gasteiger partial charge on any atom is 0.0969 e. The summed E-state index contributed by atoms with van der Waals surface area (Å²) in [4.78, 5) is 0. The topological polar surface area (TPSA) is 113 Å². The van der Waals surface area contributed by atoms with Crippen molar-refractivity contribution in [1.29, 1.82) is 0 Å². The van der Waals surface area contributed by atoms with Gasteiger partial charge >= 0.3 is 0 Å². The van der Waals surface area contributed by atoms with Crippen LogP contribution in [0.1, 0.15) is 17.2 Å². The van der Waals surface area contributed by atoms with Crippen LogP contribution in [0.5, 0.6) is 0 Å². The maximum absolute atomic E-state index is 10.3. The summed E-state index contributed by atoms with van der Waals surface area (Å²) in [5.41, 5.74) is 13.2. The fourth-order valence-electron chi connectivity index (χ4n) is 2.54. The fraction of sp³-hybridized carbons (Fsp3) is 0.375. The van der Waals surface area contributed by atoms with Gasteiger partial charge < -0.3 is 26.8 Å². The van der Waals surface area contributed by atoms with E-state index in [1.54, 1.807) is 6.07 Å². The Labute approximate surface area is 148 Å². The minimum atomic E-state index is -0.954. The minimum Gasteiger partial charge on any atom is -0.395 e. The standard InChI is InChI=1S/C16H22N2O3.2ClH/c17-12(8-19)7-11-5-1-3-10-4-2-6-13(15(10)11)16(21)14(18)9-20;;/h1-6,12,14,16,19-21H,7-9,17-18H2;2*1H. The minimum absolute atomic E-state index is 0. The van der Waals surface area contributed by atoms with Crippen molar-refractivity contribution in [1.82, 2.24) is 0 Å². The third kappa shape index (κ3) is 5.02. The molecule has 0 aliphatic carbocycles. The van der Waals surface area contributed by atoms with E-state index in [1.807, 2.05) is 30.3 Å². The molecule has 0 aliphatic heterocycles. The Balaban J connectivity index is 0.00000242. The van der Waals surface area contributed by atoms with Gasteiger partial charge in [0.15, 0.2) is 0 Å². The van der Waals surface area contributed by atoms with Crippen molar-refractivity contribution in [2.24, 2.45) is 11.5 Å². The highest BCUT2D eigenvalue weighted by Gasteiger charge is 2.20. The number of rotatable bonds is 6. The largest absolute Gasteiger partial charge is 0.395 e. The van der Waals surface area contributed by atoms with E-state index < -0.39 is 12.1 Å². The molecule has 23 heavy (non-hydrogen) atoms. The van der Waals surface area contributed by atoms with Crippen LogP contribution < -0.4 is 11.5 Å². The van der Waals surface area contributed by atoms with Crippen LogP contribution in [-0.4, -0.2) is 40.6 Å². The Kier molecular flexibility index (Phi) is 9.65. The molecule has 0 spiro atoms. The van der Waals surface area contributed by atoms with Crippen molar-refractivity contribution in [3.05, 3.63) is 47.5 Å². The zero-order valence-electron chi connectivity index (χ0n) is 12.6. The quantitative estimate of drug-likeness (QED) is 0.523. The zero-order valence-corrected chi connectivity index (χ0v) is 14.3. The number of fused-ring (bicyclic) bond motifs is 1. The second-order valence-corrected chi connectivity index (χ2v) is 5.30. The Morgan fingerprint density at radius 3 is 2.09 bits per heavy atom. The van der Waals surface area contributed by atoms with Crippen molar-refractivity contribution in [3.8, 4) is 0 Å². The van der Waals surface area contributed by atoms with Crippen molar-refractivity contribution in [2.45, 2.75) is 24.6 Å². The lowest BCUT2D eigenvalue weighted by Gasteiger charge is -2.21. The molecule has 2 aromatic carbocycles. The normalized spacial score (nSPS) is 14.5. The van der Waals surface area contributed by atoms with Crippen molar-refractivity contribution >= 4 is 35.6 Å². The summed E-state index contributed by atoms with van der Waals surface area (Å²) in [5.74, 6) is 0. The van der Waals surface area contributed by atoms with Crippen LogP contribution in [0.25, 0.3) is 10.8 Å². The van der Waals surface area contributed by atoms with Crippen LogP contribution in [0, 0.1) is 0 Å². The molecular formula is C16H24Cl2N2O3. The molecule has 0 radical (unpaired) electrons. The first-order chi connectivity index (χ1) is 10.1. The van der Waals surface area contributed by atoms with Gasteiger partial charge in [-0.05, 0) is 28.3 Å². The monoisotopic (exact) mass is 362 g/mol. The number of hydrogen-bond acceptors (Lipinski definition) is 5. The maximum atomic E-state index is 10.3. The summed E-state index contributed by atoms with van der Waals surface area (Å²) < 4.78 is 0. The third-order valence-electron chi connectivity index (χ3n) is 3.67. The molecule has 0 saturated heterocycles. The average Bonchev–Trinajstić information content (AvgIpc) is 2.52. The van der Waals surface area contributed by atoms with E-state index >= 15 is 0 Å². The molecule has 7 N–H and O–H groups in total. The summed E-state index contributed by atoms with van der Waals surface area (Å²) >= 11 is 0. The third-order valence-corrected chi connectivity index (χ3v) is 3.67. The molecule has 0 aliphatic rings. The molecule has 0 fully saturated rings. The van der Waals surface area contributed by atoms with E-state index in [-0.39, 0.29) is 44.1 Å². The van der Waals surface area contributed by atoms with Gasteiger partial charge in [-0.25, -0.2) is 0 Å². The number of aliphatic hydroxyl groups excluding tert-OH is 3. The van der Waals surface area contributed by atoms with Gasteiger partial charge in [0.2, 0.25) is 0 Å². The molecule has 2 rings (SSSR count). The number of nitrogens with two attached hydrogens (primary N) is 2. The number of halogens is 2. The van der Waals surface area contributed by atoms with E-state index in [2.05, 4.69) is 0 Å². The van der Waals surface area contributed by atoms with Crippen LogP contribution >= 0.6 is 24.8 Å². The van der Waals surface area contributed by atoms with Gasteiger partial charge in [0.25, 0.3) is 0 Å². The lowest BCUT2D eigenvalue weighted by Crippen LogP contribution is -2.32. The van der Waals surface area contributed by atoms with Crippen LogP contribution in [-0.2, 0) is 6.42 Å². The summed E-state index contributed by atoms with van der Waals surface area (Å²) in [6.07, 6.45) is -0.448. The molecule has 0 aromatic heterocycles. The number of hydrogen-bond donors (Lipinski definition) is 5. The summed E-state index contributed by atoms with van der Waals surface area (Å²) in [7, 11) is 0.